The van der Waals surface area contributed by atoms with Crippen LogP contribution in [0.15, 0.2) is 0 Å². The quantitative estimate of drug-likeness (QED) is 0.558. The number of carbonyl (C=O) groups excluding carboxylic acids is 1. The summed E-state index contributed by atoms with van der Waals surface area (Å²) in [5.41, 5.74) is 0.627. The summed E-state index contributed by atoms with van der Waals surface area (Å²) in [4.78, 5) is 12.5. The monoisotopic (exact) mass is 332 g/mol. The molecule has 8 atom stereocenters. The second kappa shape index (κ2) is 4.59. The van der Waals surface area contributed by atoms with Crippen molar-refractivity contribution in [2.45, 2.75) is 76.9 Å². The Bertz CT molecular complexity index is 552. The van der Waals surface area contributed by atoms with E-state index in [1.165, 1.54) is 50.7 Å². The SMILES string of the molecule is C[C@@H]1C[C@]2(C)C3CC[C@]4(C)C(=O)CCC4C3CC[C@H]2C[C@]12CS2. The molecule has 23 heavy (non-hydrogen) atoms. The van der Waals surface area contributed by atoms with E-state index in [4.69, 9.17) is 0 Å². The van der Waals surface area contributed by atoms with Crippen LogP contribution in [0.4, 0.5) is 0 Å². The third-order valence-corrected chi connectivity index (χ3v) is 11.1. The molecular weight excluding hydrogens is 300 g/mol. The maximum absolute atomic E-state index is 12.5. The fourth-order valence-electron chi connectivity index (χ4n) is 7.92. The highest BCUT2D eigenvalue weighted by molar-refractivity contribution is 8.07. The molecule has 0 amide bonds. The number of thioether (sulfide) groups is 1. The number of carbonyl (C=O) groups is 1. The van der Waals surface area contributed by atoms with Crippen LogP contribution in [0.1, 0.15) is 72.1 Å². The van der Waals surface area contributed by atoms with Gasteiger partial charge in [0, 0.05) is 22.3 Å². The van der Waals surface area contributed by atoms with E-state index in [1.807, 2.05) is 0 Å². The van der Waals surface area contributed by atoms with Gasteiger partial charge in [-0.1, -0.05) is 20.8 Å². The first-order valence-corrected chi connectivity index (χ1v) is 11.0. The molecule has 1 aliphatic heterocycles. The Balaban J connectivity index is 1.47. The summed E-state index contributed by atoms with van der Waals surface area (Å²) < 4.78 is 0.684. The van der Waals surface area contributed by atoms with Gasteiger partial charge in [0.2, 0.25) is 0 Å². The molecule has 1 saturated heterocycles. The van der Waals surface area contributed by atoms with Crippen molar-refractivity contribution in [2.24, 2.45) is 40.4 Å². The van der Waals surface area contributed by atoms with Gasteiger partial charge in [0.25, 0.3) is 0 Å². The van der Waals surface area contributed by atoms with Gasteiger partial charge in [0.05, 0.1) is 0 Å². The van der Waals surface area contributed by atoms with E-state index in [0.29, 0.717) is 21.9 Å². The van der Waals surface area contributed by atoms with E-state index in [0.717, 1.165) is 30.1 Å². The third-order valence-electron chi connectivity index (χ3n) is 9.53. The van der Waals surface area contributed by atoms with Crippen molar-refractivity contribution in [3.63, 3.8) is 0 Å². The topological polar surface area (TPSA) is 17.1 Å². The van der Waals surface area contributed by atoms with Crippen molar-refractivity contribution in [2.75, 3.05) is 5.75 Å². The fraction of sp³-hybridized carbons (Fsp3) is 0.952. The molecule has 5 aliphatic rings. The molecule has 5 rings (SSSR count). The smallest absolute Gasteiger partial charge is 0.139 e. The largest absolute Gasteiger partial charge is 0.299 e. The number of hydrogen-bond donors (Lipinski definition) is 0. The molecule has 0 aromatic heterocycles. The zero-order chi connectivity index (χ0) is 16.0. The van der Waals surface area contributed by atoms with Crippen LogP contribution < -0.4 is 0 Å². The Morgan fingerprint density at radius 1 is 1.04 bits per heavy atom. The maximum atomic E-state index is 12.5. The van der Waals surface area contributed by atoms with E-state index < -0.39 is 0 Å². The molecule has 2 heteroatoms. The minimum Gasteiger partial charge on any atom is -0.299 e. The Kier molecular flexibility index (Phi) is 3.05. The Morgan fingerprint density at radius 2 is 1.83 bits per heavy atom. The average Bonchev–Trinajstić information content (AvgIpc) is 3.22. The van der Waals surface area contributed by atoms with Gasteiger partial charge in [0.15, 0.2) is 0 Å². The molecule has 0 N–H and O–H groups in total. The Hall–Kier alpha value is 0.0200. The molecule has 0 bridgehead atoms. The lowest BCUT2D eigenvalue weighted by Crippen LogP contribution is -2.55. The zero-order valence-corrected chi connectivity index (χ0v) is 15.9. The van der Waals surface area contributed by atoms with Gasteiger partial charge in [-0.15, -0.1) is 0 Å². The Morgan fingerprint density at radius 3 is 2.57 bits per heavy atom. The lowest BCUT2D eigenvalue weighted by Gasteiger charge is -2.61. The number of rotatable bonds is 0. The summed E-state index contributed by atoms with van der Waals surface area (Å²) >= 11 is 2.25. The second-order valence-electron chi connectivity index (χ2n) is 10.2. The van der Waals surface area contributed by atoms with E-state index in [-0.39, 0.29) is 5.41 Å². The van der Waals surface area contributed by atoms with Crippen LogP contribution in [0.25, 0.3) is 0 Å². The van der Waals surface area contributed by atoms with Crippen LogP contribution in [0.5, 0.6) is 0 Å². The molecule has 0 aromatic carbocycles. The van der Waals surface area contributed by atoms with Gasteiger partial charge in [0.1, 0.15) is 5.78 Å². The molecule has 3 unspecified atom stereocenters. The van der Waals surface area contributed by atoms with Crippen molar-refractivity contribution in [1.29, 1.82) is 0 Å². The summed E-state index contributed by atoms with van der Waals surface area (Å²) in [6, 6.07) is 0. The van der Waals surface area contributed by atoms with Gasteiger partial charge >= 0.3 is 0 Å². The van der Waals surface area contributed by atoms with Crippen molar-refractivity contribution in [3.8, 4) is 0 Å². The highest BCUT2D eigenvalue weighted by Crippen LogP contribution is 2.70. The van der Waals surface area contributed by atoms with E-state index in [1.54, 1.807) is 0 Å². The third kappa shape index (κ3) is 1.85. The summed E-state index contributed by atoms with van der Waals surface area (Å²) in [5, 5.41) is 0. The van der Waals surface area contributed by atoms with Gasteiger partial charge in [-0.3, -0.25) is 4.79 Å². The standard InChI is InChI=1S/C21H32OS/c1-13-10-20(3)14(11-21(13)12-23-21)4-5-15-16-6-7-18(22)19(16,2)9-8-17(15)20/h13-17H,4-12H2,1-3H3/t13-,14+,15?,16?,17?,19+,20+,21+/m1/s1. The normalized spacial score (nSPS) is 61.0. The van der Waals surface area contributed by atoms with Gasteiger partial charge in [-0.25, -0.2) is 0 Å². The number of Topliss-reactive ketones (excluding diaryl/α,β-unsaturated/α-hetero) is 1. The number of fused-ring (bicyclic) bond motifs is 5. The molecule has 1 nitrogen and oxygen atoms in total. The molecule has 5 fully saturated rings. The van der Waals surface area contributed by atoms with E-state index in [9.17, 15) is 4.79 Å². The minimum absolute atomic E-state index is 0.0538. The van der Waals surface area contributed by atoms with Crippen LogP contribution >= 0.6 is 11.8 Å². The average molecular weight is 333 g/mol. The highest BCUT2D eigenvalue weighted by atomic mass is 32.2. The van der Waals surface area contributed by atoms with Crippen LogP contribution in [0.2, 0.25) is 0 Å². The lowest BCUT2D eigenvalue weighted by molar-refractivity contribution is -0.141. The van der Waals surface area contributed by atoms with Crippen LogP contribution in [-0.2, 0) is 4.79 Å². The highest BCUT2D eigenvalue weighted by Gasteiger charge is 2.64. The molecular formula is C21H32OS. The summed E-state index contributed by atoms with van der Waals surface area (Å²) in [7, 11) is 0. The van der Waals surface area contributed by atoms with Gasteiger partial charge in [-0.05, 0) is 80.0 Å². The number of ketones is 1. The first kappa shape index (κ1) is 15.3. The molecule has 1 heterocycles. The molecule has 4 aliphatic carbocycles. The van der Waals surface area contributed by atoms with Crippen molar-refractivity contribution in [3.05, 3.63) is 0 Å². The Labute approximate surface area is 145 Å². The predicted octanol–water partition coefficient (Wildman–Crippen LogP) is 5.33. The molecule has 0 radical (unpaired) electrons. The first-order valence-electron chi connectivity index (χ1n) is 10.1. The summed E-state index contributed by atoms with van der Waals surface area (Å²) in [6.45, 7) is 7.51. The van der Waals surface area contributed by atoms with Crippen molar-refractivity contribution >= 4 is 17.5 Å². The fourth-order valence-corrected chi connectivity index (χ4v) is 9.19. The maximum Gasteiger partial charge on any atom is 0.139 e. The van der Waals surface area contributed by atoms with Crippen molar-refractivity contribution in [1.82, 2.24) is 0 Å². The molecule has 1 spiro atoms. The molecule has 128 valence electrons. The predicted molar refractivity (Wildman–Crippen MR) is 96.5 cm³/mol. The van der Waals surface area contributed by atoms with Gasteiger partial charge < -0.3 is 0 Å². The van der Waals surface area contributed by atoms with Crippen LogP contribution in [0.3, 0.4) is 0 Å². The minimum atomic E-state index is 0.0538. The summed E-state index contributed by atoms with van der Waals surface area (Å²) in [6.07, 6.45) is 10.4. The lowest BCUT2D eigenvalue weighted by atomic mass is 9.43. The number of hydrogen-bond acceptors (Lipinski definition) is 2. The zero-order valence-electron chi connectivity index (χ0n) is 15.1. The second-order valence-corrected chi connectivity index (χ2v) is 11.6. The van der Waals surface area contributed by atoms with Crippen molar-refractivity contribution < 1.29 is 4.79 Å². The first-order chi connectivity index (χ1) is 10.9. The molecule has 4 saturated carbocycles. The summed E-state index contributed by atoms with van der Waals surface area (Å²) in [5.74, 6) is 6.39. The molecule has 0 aromatic rings. The van der Waals surface area contributed by atoms with E-state index in [2.05, 4.69) is 32.5 Å². The van der Waals surface area contributed by atoms with Gasteiger partial charge in [-0.2, -0.15) is 11.8 Å². The van der Waals surface area contributed by atoms with E-state index >= 15 is 0 Å². The van der Waals surface area contributed by atoms with Crippen LogP contribution in [-0.4, -0.2) is 16.3 Å². The van der Waals surface area contributed by atoms with Crippen LogP contribution in [0, 0.1) is 40.4 Å².